The van der Waals surface area contributed by atoms with E-state index < -0.39 is 0 Å². The largest absolute Gasteiger partial charge is 0.497 e. The number of nitrogen functional groups attached to an aromatic ring is 1. The number of halogens is 2. The molecule has 3 aromatic rings. The van der Waals surface area contributed by atoms with Gasteiger partial charge in [-0.2, -0.15) is 0 Å². The fourth-order valence-corrected chi connectivity index (χ4v) is 2.59. The van der Waals surface area contributed by atoms with Gasteiger partial charge in [-0.15, -0.1) is 0 Å². The second-order valence-corrected chi connectivity index (χ2v) is 5.20. The van der Waals surface area contributed by atoms with E-state index in [0.29, 0.717) is 22.7 Å². The minimum absolute atomic E-state index is 0.297. The number of fused-ring (bicyclic) bond motifs is 1. The van der Waals surface area contributed by atoms with Crippen LogP contribution in [0.3, 0.4) is 0 Å². The molecule has 3 rings (SSSR count). The third-order valence-corrected chi connectivity index (χ3v) is 3.45. The Morgan fingerprint density at radius 1 is 1.25 bits per heavy atom. The molecule has 0 bridgehead atoms. The zero-order chi connectivity index (χ0) is 14.3. The first-order chi connectivity index (χ1) is 9.58. The maximum atomic E-state index is 13.5. The van der Waals surface area contributed by atoms with E-state index in [1.807, 2.05) is 18.2 Å². The highest BCUT2D eigenvalue weighted by atomic mass is 79.9. The van der Waals surface area contributed by atoms with Crippen LogP contribution in [0.4, 0.5) is 10.3 Å². The van der Waals surface area contributed by atoms with E-state index in [4.69, 9.17) is 10.5 Å². The summed E-state index contributed by atoms with van der Waals surface area (Å²) in [6.45, 7) is 0. The molecule has 0 saturated carbocycles. The third-order valence-electron chi connectivity index (χ3n) is 2.99. The maximum Gasteiger partial charge on any atom is 0.205 e. The first-order valence-corrected chi connectivity index (χ1v) is 6.66. The number of rotatable bonds is 2. The van der Waals surface area contributed by atoms with Gasteiger partial charge in [0.1, 0.15) is 11.6 Å². The molecule has 20 heavy (non-hydrogen) atoms. The van der Waals surface area contributed by atoms with Crippen LogP contribution >= 0.6 is 15.9 Å². The molecule has 1 heterocycles. The lowest BCUT2D eigenvalue weighted by atomic mass is 10.2. The minimum atomic E-state index is -0.333. The normalized spacial score (nSPS) is 10.9. The van der Waals surface area contributed by atoms with Crippen LogP contribution in [0.15, 0.2) is 40.9 Å². The van der Waals surface area contributed by atoms with Crippen molar-refractivity contribution in [2.45, 2.75) is 0 Å². The summed E-state index contributed by atoms with van der Waals surface area (Å²) >= 11 is 3.41. The van der Waals surface area contributed by atoms with Crippen molar-refractivity contribution >= 4 is 32.9 Å². The number of imidazole rings is 1. The Labute approximate surface area is 123 Å². The molecule has 0 spiro atoms. The number of methoxy groups -OCH3 is 1. The number of benzene rings is 2. The Bertz CT molecular complexity index is 800. The van der Waals surface area contributed by atoms with Gasteiger partial charge in [0.25, 0.3) is 0 Å². The lowest BCUT2D eigenvalue weighted by molar-refractivity contribution is 0.414. The number of aromatic nitrogens is 2. The highest BCUT2D eigenvalue weighted by Crippen LogP contribution is 2.29. The Hall–Kier alpha value is -2.08. The molecule has 0 amide bonds. The fourth-order valence-electron chi connectivity index (χ4n) is 2.13. The van der Waals surface area contributed by atoms with E-state index in [2.05, 4.69) is 20.9 Å². The topological polar surface area (TPSA) is 53.1 Å². The average molecular weight is 336 g/mol. The molecule has 0 atom stereocenters. The second kappa shape index (κ2) is 4.79. The van der Waals surface area contributed by atoms with Crippen molar-refractivity contribution in [2.75, 3.05) is 12.8 Å². The second-order valence-electron chi connectivity index (χ2n) is 4.29. The van der Waals surface area contributed by atoms with E-state index >= 15 is 0 Å². The Morgan fingerprint density at radius 2 is 2.05 bits per heavy atom. The minimum Gasteiger partial charge on any atom is -0.497 e. The molecule has 2 aromatic carbocycles. The molecule has 2 N–H and O–H groups in total. The van der Waals surface area contributed by atoms with E-state index in [-0.39, 0.29) is 5.82 Å². The summed E-state index contributed by atoms with van der Waals surface area (Å²) in [5, 5.41) is 0. The van der Waals surface area contributed by atoms with Crippen LogP contribution in [0.5, 0.6) is 5.75 Å². The van der Waals surface area contributed by atoms with Crippen molar-refractivity contribution in [3.63, 3.8) is 0 Å². The predicted octanol–water partition coefficient (Wildman–Crippen LogP) is 3.52. The number of hydrogen-bond acceptors (Lipinski definition) is 3. The summed E-state index contributed by atoms with van der Waals surface area (Å²) in [5.74, 6) is 0.637. The van der Waals surface area contributed by atoms with Crippen molar-refractivity contribution < 1.29 is 9.13 Å². The van der Waals surface area contributed by atoms with Crippen LogP contribution in [0.2, 0.25) is 0 Å². The van der Waals surface area contributed by atoms with Gasteiger partial charge in [-0.25, -0.2) is 9.37 Å². The van der Waals surface area contributed by atoms with Crippen molar-refractivity contribution in [1.82, 2.24) is 9.55 Å². The summed E-state index contributed by atoms with van der Waals surface area (Å²) in [4.78, 5) is 4.23. The summed E-state index contributed by atoms with van der Waals surface area (Å²) < 4.78 is 21.2. The molecule has 0 radical (unpaired) electrons. The Balaban J connectivity index is 2.31. The van der Waals surface area contributed by atoms with Gasteiger partial charge in [-0.3, -0.25) is 4.57 Å². The van der Waals surface area contributed by atoms with Crippen molar-refractivity contribution in [2.24, 2.45) is 0 Å². The van der Waals surface area contributed by atoms with Crippen LogP contribution in [0, 0.1) is 5.82 Å². The van der Waals surface area contributed by atoms with Crippen LogP contribution in [0.25, 0.3) is 16.7 Å². The SMILES string of the molecule is COc1cc(Br)cc(-n2c(N)nc3ccc(F)cc32)c1. The lowest BCUT2D eigenvalue weighted by Crippen LogP contribution is -2.01. The van der Waals surface area contributed by atoms with Gasteiger partial charge in [0.15, 0.2) is 0 Å². The number of hydrogen-bond donors (Lipinski definition) is 1. The number of ether oxygens (including phenoxy) is 1. The molecule has 0 aliphatic carbocycles. The zero-order valence-electron chi connectivity index (χ0n) is 10.6. The molecule has 1 aromatic heterocycles. The van der Waals surface area contributed by atoms with Crippen LogP contribution in [-0.2, 0) is 0 Å². The number of nitrogens with two attached hydrogens (primary N) is 1. The smallest absolute Gasteiger partial charge is 0.205 e. The first kappa shape index (κ1) is 12.9. The van der Waals surface area contributed by atoms with E-state index in [1.165, 1.54) is 12.1 Å². The van der Waals surface area contributed by atoms with Crippen LogP contribution in [-0.4, -0.2) is 16.7 Å². The summed E-state index contributed by atoms with van der Waals surface area (Å²) in [5.41, 5.74) is 7.96. The van der Waals surface area contributed by atoms with Gasteiger partial charge < -0.3 is 10.5 Å². The molecule has 6 heteroatoms. The molecule has 102 valence electrons. The fraction of sp³-hybridized carbons (Fsp3) is 0.0714. The Morgan fingerprint density at radius 3 is 2.80 bits per heavy atom. The highest BCUT2D eigenvalue weighted by molar-refractivity contribution is 9.10. The predicted molar refractivity (Wildman–Crippen MR) is 79.7 cm³/mol. The van der Waals surface area contributed by atoms with Crippen LogP contribution < -0.4 is 10.5 Å². The maximum absolute atomic E-state index is 13.5. The van der Waals surface area contributed by atoms with Crippen molar-refractivity contribution in [1.29, 1.82) is 0 Å². The zero-order valence-corrected chi connectivity index (χ0v) is 12.2. The van der Waals surface area contributed by atoms with Gasteiger partial charge in [0.05, 0.1) is 23.8 Å². The number of nitrogens with zero attached hydrogens (tertiary/aromatic N) is 2. The summed E-state index contributed by atoms with van der Waals surface area (Å²) in [6, 6.07) is 9.89. The van der Waals surface area contributed by atoms with Crippen molar-refractivity contribution in [3.05, 3.63) is 46.7 Å². The quantitative estimate of drug-likeness (QED) is 0.779. The first-order valence-electron chi connectivity index (χ1n) is 5.87. The van der Waals surface area contributed by atoms with Crippen molar-refractivity contribution in [3.8, 4) is 11.4 Å². The monoisotopic (exact) mass is 335 g/mol. The molecule has 0 fully saturated rings. The van der Waals surface area contributed by atoms with E-state index in [1.54, 1.807) is 17.7 Å². The molecule has 0 saturated heterocycles. The summed E-state index contributed by atoms with van der Waals surface area (Å²) in [6.07, 6.45) is 0. The van der Waals surface area contributed by atoms with Crippen LogP contribution in [0.1, 0.15) is 0 Å². The van der Waals surface area contributed by atoms with Gasteiger partial charge in [-0.1, -0.05) is 15.9 Å². The summed E-state index contributed by atoms with van der Waals surface area (Å²) in [7, 11) is 1.58. The molecule has 0 aliphatic rings. The highest BCUT2D eigenvalue weighted by Gasteiger charge is 2.12. The van der Waals surface area contributed by atoms with E-state index in [9.17, 15) is 4.39 Å². The molecular weight excluding hydrogens is 325 g/mol. The lowest BCUT2D eigenvalue weighted by Gasteiger charge is -2.09. The molecule has 0 unspecified atom stereocenters. The standard InChI is InChI=1S/C14H11BrFN3O/c1-20-11-5-8(15)4-10(7-11)19-13-6-9(16)2-3-12(13)18-14(19)17/h2-7H,1H3,(H2,17,18). The van der Waals surface area contributed by atoms with Gasteiger partial charge in [0.2, 0.25) is 5.95 Å². The average Bonchev–Trinajstić information content (AvgIpc) is 2.73. The molecular formula is C14H11BrFN3O. The molecule has 0 aliphatic heterocycles. The number of anilines is 1. The van der Waals surface area contributed by atoms with Gasteiger partial charge in [0, 0.05) is 16.6 Å². The molecule has 4 nitrogen and oxygen atoms in total. The Kier molecular flexibility index (Phi) is 3.10. The van der Waals surface area contributed by atoms with Gasteiger partial charge >= 0.3 is 0 Å². The van der Waals surface area contributed by atoms with Gasteiger partial charge in [-0.05, 0) is 24.3 Å². The third kappa shape index (κ3) is 2.12. The van der Waals surface area contributed by atoms with E-state index in [0.717, 1.165) is 10.2 Å².